The van der Waals surface area contributed by atoms with Crippen LogP contribution in [-0.2, 0) is 46.1 Å². The summed E-state index contributed by atoms with van der Waals surface area (Å²) < 4.78 is 43.6. The Bertz CT molecular complexity index is 3030. The van der Waals surface area contributed by atoms with Crippen LogP contribution in [-0.4, -0.2) is 117 Å². The Morgan fingerprint density at radius 3 is 1.55 bits per heavy atom. The summed E-state index contributed by atoms with van der Waals surface area (Å²) >= 11 is 0. The standard InChI is InChI=1S/C28H36BNO4.C27H34BNO5.C10H12BNO4.2CH4.3Na.2H2O/c1-18-23(11-12-30-26(18)19(2)31)21(17-32-16-20-9-7-6-8-10-20)15-29-33-25-14-22-13-24(27(22,3)4)28(25,5)34-29;1-17(30)24-25(31)21(10-11-29-24)19(16-32-15-18-8-6-5-7-9-18)14-28-33-23-13-20-12-22(26(20,2)3)27(23,4)34-28;1-2-7-5-11(14,15)16-10-8(7)3-4-12-9(10)6-13;;;;;;;/h6-12,21-22,24-25H,13-17H2,1-5H3;5-11,19-20,22-23,31H,12-16H2,1-4H3;3-4,7,14-15H,2,5H2,1H3;2*1H4;;;;2*1H2/q;;-2;;;3*+1;;/p-2/t21?,22?,24?,25?,28-;19?,20?,22?,23?,27-;;;;;;;;/m00......../s1. The Balaban J connectivity index is 0.000000363. The summed E-state index contributed by atoms with van der Waals surface area (Å²) in [5.41, 5.74) is 6.36. The summed E-state index contributed by atoms with van der Waals surface area (Å²) in [5, 5.41) is 30.0. The second-order valence-electron chi connectivity index (χ2n) is 26.2. The van der Waals surface area contributed by atoms with Crippen molar-refractivity contribution >= 4 is 38.8 Å². The first-order chi connectivity index (χ1) is 40.0. The van der Waals surface area contributed by atoms with Crippen molar-refractivity contribution in [2.24, 2.45) is 34.5 Å². The molecule has 9 unspecified atom stereocenters. The molecule has 8 fully saturated rings. The molecule has 24 heteroatoms. The summed E-state index contributed by atoms with van der Waals surface area (Å²) in [4.78, 5) is 47.0. The van der Waals surface area contributed by atoms with Crippen molar-refractivity contribution in [3.05, 3.63) is 148 Å². The van der Waals surface area contributed by atoms with E-state index in [1.54, 1.807) is 37.7 Å². The van der Waals surface area contributed by atoms with Crippen molar-refractivity contribution in [1.82, 2.24) is 15.0 Å². The predicted molar refractivity (Wildman–Crippen MR) is 337 cm³/mol. The molecule has 18 nitrogen and oxygen atoms in total. The Morgan fingerprint density at radius 1 is 0.670 bits per heavy atom. The molecular formula is C67H92B3N3Na3O15-. The summed E-state index contributed by atoms with van der Waals surface area (Å²) in [5.74, 6) is 2.03. The Kier molecular flexibility index (Phi) is 30.8. The minimum Gasteiger partial charge on any atom is -0.870 e. The summed E-state index contributed by atoms with van der Waals surface area (Å²) in [6.07, 6.45) is 13.4. The molecule has 2 saturated heterocycles. The van der Waals surface area contributed by atoms with Crippen molar-refractivity contribution < 1.29 is 162 Å². The average molecular weight is 1280 g/mol. The number of aromatic hydroxyl groups is 1. The summed E-state index contributed by atoms with van der Waals surface area (Å²) in [6.45, 7) is 19.9. The van der Waals surface area contributed by atoms with Crippen LogP contribution >= 0.6 is 0 Å². The maximum Gasteiger partial charge on any atom is 1.00 e. The van der Waals surface area contributed by atoms with Gasteiger partial charge in [0.25, 0.3) is 0 Å². The molecule has 2 aromatic carbocycles. The fourth-order valence-corrected chi connectivity index (χ4v) is 15.4. The van der Waals surface area contributed by atoms with Crippen molar-refractivity contribution in [2.75, 3.05) is 13.2 Å². The van der Waals surface area contributed by atoms with Gasteiger partial charge in [0.05, 0.1) is 49.8 Å². The van der Waals surface area contributed by atoms with Gasteiger partial charge in [-0.3, -0.25) is 19.6 Å². The number of ketones is 2. The first kappa shape index (κ1) is 82.5. The number of Topliss-reactive ketones (excluding diaryl/α,β-unsaturated/α-hetero) is 2. The zero-order chi connectivity index (χ0) is 59.9. The van der Waals surface area contributed by atoms with E-state index in [0.29, 0.717) is 73.5 Å². The number of carbonyl (C=O) groups excluding carboxylic acids is 3. The number of nitrogens with zero attached hydrogens (tertiary/aromatic N) is 3. The quantitative estimate of drug-likeness (QED) is 0.0646. The Hall–Kier alpha value is -2.71. The molecule has 478 valence electrons. The van der Waals surface area contributed by atoms with Crippen molar-refractivity contribution in [3.8, 4) is 11.5 Å². The predicted octanol–water partition coefficient (Wildman–Crippen LogP) is 2.92. The third-order valence-corrected chi connectivity index (χ3v) is 20.4. The normalized spacial score (nSPS) is 26.2. The number of pyridine rings is 3. The number of carbonyl (C=O) groups is 2. The molecule has 5 N–H and O–H groups in total. The van der Waals surface area contributed by atoms with Gasteiger partial charge in [0.1, 0.15) is 17.1 Å². The van der Waals surface area contributed by atoms with Gasteiger partial charge in [-0.25, -0.2) is 4.98 Å². The minimum atomic E-state index is -2.89. The molecule has 11 atom stereocenters. The van der Waals surface area contributed by atoms with Crippen LogP contribution in [0.5, 0.6) is 11.5 Å². The van der Waals surface area contributed by atoms with Gasteiger partial charge in [-0.2, -0.15) is 0 Å². The molecule has 5 aromatic rings. The molecular weight excluding hydrogens is 1190 g/mol. The van der Waals surface area contributed by atoms with Crippen LogP contribution in [0.25, 0.3) is 0 Å². The number of rotatable bonds is 18. The second-order valence-corrected chi connectivity index (χ2v) is 26.2. The van der Waals surface area contributed by atoms with E-state index in [9.17, 15) is 29.5 Å². The van der Waals surface area contributed by atoms with Crippen molar-refractivity contribution in [1.29, 1.82) is 0 Å². The molecule has 4 bridgehead atoms. The van der Waals surface area contributed by atoms with E-state index >= 15 is 0 Å². The molecule has 3 aromatic heterocycles. The molecule has 14 rings (SSSR count). The third-order valence-electron chi connectivity index (χ3n) is 20.4. The molecule has 0 spiro atoms. The zero-order valence-electron chi connectivity index (χ0n) is 54.3. The van der Waals surface area contributed by atoms with E-state index in [0.717, 1.165) is 53.0 Å². The number of fused-ring (bicyclic) bond motifs is 1. The van der Waals surface area contributed by atoms with Crippen molar-refractivity contribution in [3.63, 3.8) is 0 Å². The van der Waals surface area contributed by atoms with E-state index in [-0.39, 0.29) is 216 Å². The third kappa shape index (κ3) is 17.4. The van der Waals surface area contributed by atoms with Crippen LogP contribution < -0.4 is 93.3 Å². The van der Waals surface area contributed by atoms with Crippen LogP contribution in [0.4, 0.5) is 0 Å². The number of aromatic nitrogens is 3. The van der Waals surface area contributed by atoms with E-state index in [4.69, 9.17) is 32.7 Å². The molecule has 6 saturated carbocycles. The van der Waals surface area contributed by atoms with Gasteiger partial charge < -0.3 is 63.6 Å². The van der Waals surface area contributed by atoms with Gasteiger partial charge in [-0.1, -0.05) is 146 Å². The van der Waals surface area contributed by atoms with Gasteiger partial charge in [0.15, 0.2) is 11.6 Å². The van der Waals surface area contributed by atoms with Gasteiger partial charge >= 0.3 is 110 Å². The van der Waals surface area contributed by atoms with Crippen LogP contribution in [0.2, 0.25) is 19.0 Å². The Labute approximate surface area is 606 Å². The minimum absolute atomic E-state index is 0. The first-order valence-corrected chi connectivity index (χ1v) is 30.2. The number of benzene rings is 2. The SMILES string of the molecule is C.C.CC(=O)c1nccc(C(COCc2ccccc2)CB2OC3CC4CC(C4(C)C)[C@]3(C)O2)c1C.CC(=O)c1nccc(C(COCc2ccccc2)CB2OC3CC4CC(C4(C)C)[C@]3(C)O2)c1O.CCC1C[B-](O)(O)Oc2c1ccnc2[C-]=O.[Na+].[Na+].[Na+].[OH-].[OH-]. The average Bonchev–Trinajstić information content (AvgIpc) is 1.68. The Morgan fingerprint density at radius 2 is 1.11 bits per heavy atom. The molecule has 9 aliphatic rings. The molecule has 91 heavy (non-hydrogen) atoms. The van der Waals surface area contributed by atoms with E-state index in [2.05, 4.69) is 68.6 Å². The fraction of sp³-hybridized carbons (Fsp3) is 0.552. The van der Waals surface area contributed by atoms with Gasteiger partial charge in [-0.05, 0) is 134 Å². The monoisotopic (exact) mass is 1280 g/mol. The fourth-order valence-electron chi connectivity index (χ4n) is 15.4. The van der Waals surface area contributed by atoms with E-state index < -0.39 is 6.75 Å². The number of hydrogen-bond donors (Lipinski definition) is 3. The van der Waals surface area contributed by atoms with Gasteiger partial charge in [0, 0.05) is 56.1 Å². The summed E-state index contributed by atoms with van der Waals surface area (Å²) in [6, 6.07) is 25.7. The van der Waals surface area contributed by atoms with Crippen LogP contribution in [0.3, 0.4) is 0 Å². The first-order valence-electron chi connectivity index (χ1n) is 30.2. The maximum absolute atomic E-state index is 12.2. The van der Waals surface area contributed by atoms with E-state index in [1.807, 2.05) is 68.4 Å². The second kappa shape index (κ2) is 34.0. The van der Waals surface area contributed by atoms with Gasteiger partial charge in [0.2, 0.25) is 0 Å². The molecule has 6 aliphatic carbocycles. The summed E-state index contributed by atoms with van der Waals surface area (Å²) in [7, 11) is -0.660. The molecule has 3 aliphatic heterocycles. The topological polar surface area (TPSA) is 275 Å². The largest absolute Gasteiger partial charge is 1.00 e. The van der Waals surface area contributed by atoms with Crippen LogP contribution in [0.1, 0.15) is 187 Å². The van der Waals surface area contributed by atoms with Gasteiger partial charge in [-0.15, -0.1) is 0 Å². The molecule has 6 heterocycles. The molecule has 0 radical (unpaired) electrons. The maximum atomic E-state index is 12.2. The smallest absolute Gasteiger partial charge is 0.870 e. The number of ether oxygens (including phenoxy) is 2. The zero-order valence-corrected chi connectivity index (χ0v) is 60.3. The van der Waals surface area contributed by atoms with E-state index in [1.165, 1.54) is 26.0 Å². The van der Waals surface area contributed by atoms with Crippen LogP contribution in [0, 0.1) is 41.4 Å². The van der Waals surface area contributed by atoms with Crippen LogP contribution in [0.15, 0.2) is 97.5 Å². The molecule has 0 amide bonds. The van der Waals surface area contributed by atoms with Crippen molar-refractivity contribution in [2.45, 2.75) is 190 Å². The number of hydrogen-bond acceptors (Lipinski definition) is 18.